The predicted octanol–water partition coefficient (Wildman–Crippen LogP) is 7.54. The summed E-state index contributed by atoms with van der Waals surface area (Å²) in [5, 5.41) is 7.48. The molecule has 0 aliphatic rings. The maximum absolute atomic E-state index is 2.36. The number of fused-ring (bicyclic) bond motifs is 2. The molecule has 0 spiro atoms. The highest BCUT2D eigenvalue weighted by atomic mass is 32.1. The van der Waals surface area contributed by atoms with Crippen molar-refractivity contribution in [3.8, 4) is 0 Å². The summed E-state index contributed by atoms with van der Waals surface area (Å²) in [6.45, 7) is 2.19. The van der Waals surface area contributed by atoms with Gasteiger partial charge in [-0.05, 0) is 68.6 Å². The highest BCUT2D eigenvalue weighted by molar-refractivity contribution is 7.09. The molecule has 136 valence electrons. The summed E-state index contributed by atoms with van der Waals surface area (Å²) in [5.41, 5.74) is 5.47. The fourth-order valence-electron chi connectivity index (χ4n) is 4.00. The maximum atomic E-state index is 2.36. The molecule has 0 aliphatic heterocycles. The van der Waals surface area contributed by atoms with Gasteiger partial charge in [0, 0.05) is 11.3 Å². The van der Waals surface area contributed by atoms with Crippen molar-refractivity contribution >= 4 is 32.9 Å². The van der Waals surface area contributed by atoms with Crippen LogP contribution in [0.15, 0.2) is 90.3 Å². The Morgan fingerprint density at radius 2 is 1.32 bits per heavy atom. The molecular formula is C27H22S. The molecule has 1 aromatic heterocycles. The molecule has 0 radical (unpaired) electrons. The lowest BCUT2D eigenvalue weighted by Gasteiger charge is -2.08. The Bertz CT molecular complexity index is 1260. The van der Waals surface area contributed by atoms with E-state index >= 15 is 0 Å². The molecule has 5 rings (SSSR count). The zero-order valence-electron chi connectivity index (χ0n) is 16.0. The average Bonchev–Trinajstić information content (AvgIpc) is 3.21. The summed E-state index contributed by atoms with van der Waals surface area (Å²) in [6.07, 6.45) is 1.98. The van der Waals surface area contributed by atoms with Crippen LogP contribution in [0.1, 0.15) is 27.1 Å². The highest BCUT2D eigenvalue weighted by Gasteiger charge is 2.04. The minimum atomic E-state index is 0.968. The molecule has 28 heavy (non-hydrogen) atoms. The Kier molecular flexibility index (Phi) is 4.46. The Hall–Kier alpha value is -2.90. The monoisotopic (exact) mass is 378 g/mol. The van der Waals surface area contributed by atoms with Crippen LogP contribution in [0.25, 0.3) is 21.5 Å². The first-order valence-electron chi connectivity index (χ1n) is 9.77. The van der Waals surface area contributed by atoms with E-state index in [9.17, 15) is 0 Å². The molecule has 0 unspecified atom stereocenters. The zero-order valence-corrected chi connectivity index (χ0v) is 16.8. The third-order valence-corrected chi connectivity index (χ3v) is 6.38. The van der Waals surface area contributed by atoms with Gasteiger partial charge in [-0.15, -0.1) is 11.3 Å². The number of hydrogen-bond acceptors (Lipinski definition) is 1. The lowest BCUT2D eigenvalue weighted by Crippen LogP contribution is -1.90. The lowest BCUT2D eigenvalue weighted by atomic mass is 9.97. The van der Waals surface area contributed by atoms with E-state index in [1.165, 1.54) is 48.7 Å². The van der Waals surface area contributed by atoms with Crippen LogP contribution in [-0.2, 0) is 12.8 Å². The molecule has 5 aromatic rings. The molecule has 0 fully saturated rings. The van der Waals surface area contributed by atoms with Crippen molar-refractivity contribution in [1.82, 2.24) is 0 Å². The van der Waals surface area contributed by atoms with E-state index in [1.807, 2.05) is 11.3 Å². The fourth-order valence-corrected chi connectivity index (χ4v) is 4.74. The number of thiophene rings is 1. The van der Waals surface area contributed by atoms with Crippen molar-refractivity contribution < 1.29 is 0 Å². The summed E-state index contributed by atoms with van der Waals surface area (Å²) in [6, 6.07) is 31.5. The van der Waals surface area contributed by atoms with E-state index in [1.54, 1.807) is 0 Å². The van der Waals surface area contributed by atoms with Crippen LogP contribution < -0.4 is 0 Å². The van der Waals surface area contributed by atoms with Gasteiger partial charge in [0.15, 0.2) is 0 Å². The van der Waals surface area contributed by atoms with E-state index in [-0.39, 0.29) is 0 Å². The second-order valence-electron chi connectivity index (χ2n) is 7.58. The van der Waals surface area contributed by atoms with E-state index in [2.05, 4.69) is 97.2 Å². The zero-order chi connectivity index (χ0) is 18.9. The van der Waals surface area contributed by atoms with Crippen LogP contribution in [-0.4, -0.2) is 0 Å². The highest BCUT2D eigenvalue weighted by Crippen LogP contribution is 2.24. The van der Waals surface area contributed by atoms with Gasteiger partial charge in [-0.25, -0.2) is 0 Å². The van der Waals surface area contributed by atoms with Crippen LogP contribution in [0.4, 0.5) is 0 Å². The van der Waals surface area contributed by atoms with Gasteiger partial charge in [0.2, 0.25) is 0 Å². The van der Waals surface area contributed by atoms with Gasteiger partial charge in [-0.1, -0.05) is 78.9 Å². The topological polar surface area (TPSA) is 0 Å². The van der Waals surface area contributed by atoms with Crippen molar-refractivity contribution in [3.63, 3.8) is 0 Å². The largest absolute Gasteiger partial charge is 0.149 e. The van der Waals surface area contributed by atoms with Crippen molar-refractivity contribution in [2.24, 2.45) is 0 Å². The molecule has 1 heterocycles. The lowest BCUT2D eigenvalue weighted by molar-refractivity contribution is 1.20. The molecule has 4 aromatic carbocycles. The molecular weight excluding hydrogens is 356 g/mol. The summed E-state index contributed by atoms with van der Waals surface area (Å²) >= 11 is 1.83. The first-order valence-corrected chi connectivity index (χ1v) is 10.6. The molecule has 0 atom stereocenters. The van der Waals surface area contributed by atoms with Gasteiger partial charge in [-0.3, -0.25) is 0 Å². The van der Waals surface area contributed by atoms with Crippen LogP contribution in [0, 0.1) is 6.92 Å². The molecule has 1 heteroatoms. The van der Waals surface area contributed by atoms with Crippen molar-refractivity contribution in [3.05, 3.63) is 117 Å². The molecule has 0 amide bonds. The second-order valence-corrected chi connectivity index (χ2v) is 8.61. The Morgan fingerprint density at radius 3 is 2.07 bits per heavy atom. The van der Waals surface area contributed by atoms with Gasteiger partial charge in [0.1, 0.15) is 0 Å². The summed E-state index contributed by atoms with van der Waals surface area (Å²) in [4.78, 5) is 1.42. The van der Waals surface area contributed by atoms with Crippen molar-refractivity contribution in [2.75, 3.05) is 0 Å². The minimum Gasteiger partial charge on any atom is -0.149 e. The van der Waals surface area contributed by atoms with Crippen molar-refractivity contribution in [2.45, 2.75) is 19.8 Å². The van der Waals surface area contributed by atoms with Crippen LogP contribution in [0.5, 0.6) is 0 Å². The quantitative estimate of drug-likeness (QED) is 0.303. The molecule has 0 bridgehead atoms. The normalized spacial score (nSPS) is 11.3. The minimum absolute atomic E-state index is 0.968. The van der Waals surface area contributed by atoms with E-state index < -0.39 is 0 Å². The van der Waals surface area contributed by atoms with E-state index in [4.69, 9.17) is 0 Å². The molecule has 0 aliphatic carbocycles. The smallest absolute Gasteiger partial charge is 0.00890 e. The van der Waals surface area contributed by atoms with Crippen LogP contribution in [0.3, 0.4) is 0 Å². The van der Waals surface area contributed by atoms with E-state index in [0.29, 0.717) is 0 Å². The number of rotatable bonds is 4. The van der Waals surface area contributed by atoms with Gasteiger partial charge in [0.05, 0.1) is 0 Å². The molecule has 0 N–H and O–H groups in total. The first-order chi connectivity index (χ1) is 13.7. The summed E-state index contributed by atoms with van der Waals surface area (Å²) in [7, 11) is 0. The van der Waals surface area contributed by atoms with Gasteiger partial charge < -0.3 is 0 Å². The Balaban J connectivity index is 1.46. The average molecular weight is 379 g/mol. The summed E-state index contributed by atoms with van der Waals surface area (Å²) in [5.74, 6) is 0. The molecule has 0 saturated carbocycles. The second kappa shape index (κ2) is 7.26. The maximum Gasteiger partial charge on any atom is 0.00890 e. The van der Waals surface area contributed by atoms with Gasteiger partial charge >= 0.3 is 0 Å². The van der Waals surface area contributed by atoms with Gasteiger partial charge in [-0.2, -0.15) is 0 Å². The SMILES string of the molecule is Cc1cccc2ccc(Cc3ccc4ccc(Cc5cccs5)cc4c3)cc12. The number of aryl methyl sites for hydroxylation is 1. The number of hydrogen-bond donors (Lipinski definition) is 0. The Morgan fingerprint density at radius 1 is 0.607 bits per heavy atom. The number of benzene rings is 4. The Labute approximate surface area is 170 Å². The first kappa shape index (κ1) is 17.2. The third-order valence-electron chi connectivity index (χ3n) is 5.50. The van der Waals surface area contributed by atoms with Crippen LogP contribution >= 0.6 is 11.3 Å². The molecule has 0 saturated heterocycles. The molecule has 0 nitrogen and oxygen atoms in total. The third kappa shape index (κ3) is 3.46. The predicted molar refractivity (Wildman–Crippen MR) is 123 cm³/mol. The standard InChI is InChI=1S/C27H22S/c1-19-4-2-5-24-12-9-21(18-27(19)24)14-20-7-10-23-11-8-22(16-25(23)15-20)17-26-6-3-13-28-26/h2-13,15-16,18H,14,17H2,1H3. The fraction of sp³-hybridized carbons (Fsp3) is 0.111. The van der Waals surface area contributed by atoms with Crippen LogP contribution in [0.2, 0.25) is 0 Å². The summed E-state index contributed by atoms with van der Waals surface area (Å²) < 4.78 is 0. The van der Waals surface area contributed by atoms with Crippen molar-refractivity contribution in [1.29, 1.82) is 0 Å². The van der Waals surface area contributed by atoms with E-state index in [0.717, 1.165) is 12.8 Å². The van der Waals surface area contributed by atoms with Gasteiger partial charge in [0.25, 0.3) is 0 Å².